The van der Waals surface area contributed by atoms with Gasteiger partial charge in [-0.2, -0.15) is 13.2 Å². The zero-order valence-corrected chi connectivity index (χ0v) is 11.3. The van der Waals surface area contributed by atoms with Crippen molar-refractivity contribution >= 4 is 17.6 Å². The van der Waals surface area contributed by atoms with Crippen LogP contribution < -0.4 is 5.32 Å². The molecule has 0 radical (unpaired) electrons. The summed E-state index contributed by atoms with van der Waals surface area (Å²) in [6, 6.07) is 0.291. The monoisotopic (exact) mass is 307 g/mol. The van der Waals surface area contributed by atoms with Gasteiger partial charge < -0.3 is 4.74 Å². The van der Waals surface area contributed by atoms with Crippen molar-refractivity contribution in [1.82, 2.24) is 4.98 Å². The Bertz CT molecular complexity index is 567. The number of nitrogens with one attached hydrogen (secondary N) is 1. The smallest absolute Gasteiger partial charge is 0.420 e. The van der Waals surface area contributed by atoms with Crippen LogP contribution in [0.1, 0.15) is 26.3 Å². The van der Waals surface area contributed by atoms with Crippen molar-refractivity contribution in [2.24, 2.45) is 0 Å². The molecule has 0 aromatic carbocycles. The number of carbonyl (C=O) groups is 1. The summed E-state index contributed by atoms with van der Waals surface area (Å²) < 4.78 is 43.3. The van der Waals surface area contributed by atoms with Gasteiger partial charge in [-0.25, -0.2) is 9.78 Å². The molecule has 0 saturated heterocycles. The zero-order chi connectivity index (χ0) is 16.4. The fraction of sp³-hybridized carbons (Fsp3) is 0.455. The Hall–Kier alpha value is -2.39. The summed E-state index contributed by atoms with van der Waals surface area (Å²) in [5, 5.41) is 12.3. The van der Waals surface area contributed by atoms with Gasteiger partial charge in [0.25, 0.3) is 5.69 Å². The number of carbonyl (C=O) groups excluding carboxylic acids is 1. The van der Waals surface area contributed by atoms with Gasteiger partial charge in [0.1, 0.15) is 23.2 Å². The lowest BCUT2D eigenvalue weighted by molar-refractivity contribution is -0.385. The van der Waals surface area contributed by atoms with Crippen molar-refractivity contribution in [2.45, 2.75) is 32.5 Å². The zero-order valence-electron chi connectivity index (χ0n) is 11.3. The van der Waals surface area contributed by atoms with Gasteiger partial charge in [0.15, 0.2) is 0 Å². The molecule has 21 heavy (non-hydrogen) atoms. The molecule has 1 rings (SSSR count). The second-order valence-electron chi connectivity index (χ2n) is 4.97. The number of anilines is 1. The van der Waals surface area contributed by atoms with Crippen LogP contribution in [0.4, 0.5) is 29.5 Å². The minimum atomic E-state index is -4.91. The molecule has 0 aliphatic rings. The van der Waals surface area contributed by atoms with Gasteiger partial charge in [-0.05, 0) is 20.8 Å². The van der Waals surface area contributed by atoms with Crippen LogP contribution in [0.5, 0.6) is 0 Å². The lowest BCUT2D eigenvalue weighted by atomic mass is 10.2. The average Bonchev–Trinajstić information content (AvgIpc) is 2.24. The highest BCUT2D eigenvalue weighted by molar-refractivity contribution is 5.84. The van der Waals surface area contributed by atoms with E-state index in [-0.39, 0.29) is 0 Å². The first kappa shape index (κ1) is 16.7. The summed E-state index contributed by atoms with van der Waals surface area (Å²) in [4.78, 5) is 24.2. The lowest BCUT2D eigenvalue weighted by Crippen LogP contribution is -2.28. The Balaban J connectivity index is 3.12. The summed E-state index contributed by atoms with van der Waals surface area (Å²) >= 11 is 0. The maximum atomic E-state index is 12.8. The molecule has 0 aliphatic carbocycles. The summed E-state index contributed by atoms with van der Waals surface area (Å²) in [5.41, 5.74) is -3.18. The van der Waals surface area contributed by atoms with Crippen LogP contribution in [0.2, 0.25) is 0 Å². The molecule has 0 saturated carbocycles. The van der Waals surface area contributed by atoms with E-state index in [4.69, 9.17) is 4.74 Å². The quantitative estimate of drug-likeness (QED) is 0.668. The van der Waals surface area contributed by atoms with Crippen LogP contribution >= 0.6 is 0 Å². The summed E-state index contributed by atoms with van der Waals surface area (Å²) in [5.74, 6) is -0.859. The SMILES string of the molecule is CC(C)(C)OC(=O)Nc1ncc([N+](=O)[O-])cc1C(F)(F)F. The molecule has 1 amide bonds. The van der Waals surface area contributed by atoms with Gasteiger partial charge in [-0.1, -0.05) is 0 Å². The number of hydrogen-bond acceptors (Lipinski definition) is 5. The predicted octanol–water partition coefficient (Wildman–Crippen LogP) is 3.36. The summed E-state index contributed by atoms with van der Waals surface area (Å²) in [7, 11) is 0. The summed E-state index contributed by atoms with van der Waals surface area (Å²) in [6.07, 6.45) is -5.44. The molecular weight excluding hydrogens is 295 g/mol. The molecule has 7 nitrogen and oxygen atoms in total. The highest BCUT2D eigenvalue weighted by Gasteiger charge is 2.37. The van der Waals surface area contributed by atoms with Crippen LogP contribution in [0.15, 0.2) is 12.3 Å². The Morgan fingerprint density at radius 1 is 1.38 bits per heavy atom. The average molecular weight is 307 g/mol. The Labute approximate surface area is 117 Å². The van der Waals surface area contributed by atoms with E-state index >= 15 is 0 Å². The minimum Gasteiger partial charge on any atom is -0.444 e. The maximum absolute atomic E-state index is 12.8. The topological polar surface area (TPSA) is 94.4 Å². The molecule has 116 valence electrons. The van der Waals surface area contributed by atoms with Gasteiger partial charge in [0.2, 0.25) is 0 Å². The normalized spacial score (nSPS) is 11.9. The number of ether oxygens (including phenoxy) is 1. The molecule has 1 aromatic heterocycles. The third-order valence-electron chi connectivity index (χ3n) is 2.01. The number of alkyl halides is 3. The fourth-order valence-corrected chi connectivity index (χ4v) is 1.27. The molecule has 1 aromatic rings. The van der Waals surface area contributed by atoms with E-state index in [9.17, 15) is 28.1 Å². The van der Waals surface area contributed by atoms with Crippen molar-refractivity contribution in [1.29, 1.82) is 0 Å². The van der Waals surface area contributed by atoms with Gasteiger partial charge in [0.05, 0.1) is 4.92 Å². The molecule has 10 heteroatoms. The molecule has 0 unspecified atom stereocenters. The second kappa shape index (κ2) is 5.54. The number of nitrogens with zero attached hydrogens (tertiary/aromatic N) is 2. The predicted molar refractivity (Wildman–Crippen MR) is 65.8 cm³/mol. The highest BCUT2D eigenvalue weighted by atomic mass is 19.4. The van der Waals surface area contributed by atoms with Crippen molar-refractivity contribution < 1.29 is 27.6 Å². The number of amides is 1. The van der Waals surface area contributed by atoms with Crippen molar-refractivity contribution in [3.63, 3.8) is 0 Å². The second-order valence-corrected chi connectivity index (χ2v) is 4.97. The largest absolute Gasteiger partial charge is 0.444 e. The molecule has 0 spiro atoms. The molecule has 1 N–H and O–H groups in total. The third-order valence-corrected chi connectivity index (χ3v) is 2.01. The molecule has 0 bridgehead atoms. The molecular formula is C11H12F3N3O4. The van der Waals surface area contributed by atoms with E-state index in [1.54, 1.807) is 0 Å². The van der Waals surface area contributed by atoms with E-state index in [2.05, 4.69) is 4.98 Å². The number of rotatable bonds is 2. The van der Waals surface area contributed by atoms with Crippen LogP contribution in [0, 0.1) is 10.1 Å². The fourth-order valence-electron chi connectivity index (χ4n) is 1.27. The highest BCUT2D eigenvalue weighted by Crippen LogP contribution is 2.35. The molecule has 0 atom stereocenters. The van der Waals surface area contributed by atoms with E-state index in [0.717, 1.165) is 0 Å². The Morgan fingerprint density at radius 2 is 1.95 bits per heavy atom. The molecule has 1 heterocycles. The Kier molecular flexibility index (Phi) is 4.40. The molecule has 0 fully saturated rings. The van der Waals surface area contributed by atoms with E-state index in [1.165, 1.54) is 20.8 Å². The van der Waals surface area contributed by atoms with Gasteiger partial charge in [-0.3, -0.25) is 15.4 Å². The van der Waals surface area contributed by atoms with Crippen molar-refractivity contribution in [3.8, 4) is 0 Å². The van der Waals surface area contributed by atoms with E-state index in [0.29, 0.717) is 12.3 Å². The maximum Gasteiger partial charge on any atom is 0.420 e. The first-order valence-corrected chi connectivity index (χ1v) is 5.62. The van der Waals surface area contributed by atoms with Crippen molar-refractivity contribution in [3.05, 3.63) is 27.9 Å². The standard InChI is InChI=1S/C11H12F3N3O4/c1-10(2,3)21-9(18)16-8-7(11(12,13)14)4-6(5-15-8)17(19)20/h4-5H,1-3H3,(H,15,16,18). The van der Waals surface area contributed by atoms with Crippen LogP contribution in [-0.2, 0) is 10.9 Å². The van der Waals surface area contributed by atoms with Crippen LogP contribution in [0.25, 0.3) is 0 Å². The van der Waals surface area contributed by atoms with Crippen molar-refractivity contribution in [2.75, 3.05) is 5.32 Å². The first-order valence-electron chi connectivity index (χ1n) is 5.62. The lowest BCUT2D eigenvalue weighted by Gasteiger charge is -2.20. The number of halogens is 3. The van der Waals surface area contributed by atoms with E-state index in [1.807, 2.05) is 5.32 Å². The van der Waals surface area contributed by atoms with Crippen LogP contribution in [-0.4, -0.2) is 21.6 Å². The van der Waals surface area contributed by atoms with Gasteiger partial charge >= 0.3 is 12.3 Å². The Morgan fingerprint density at radius 3 is 2.38 bits per heavy atom. The first-order chi connectivity index (χ1) is 9.40. The van der Waals surface area contributed by atoms with Crippen LogP contribution in [0.3, 0.4) is 0 Å². The number of nitro groups is 1. The number of pyridine rings is 1. The van der Waals surface area contributed by atoms with Gasteiger partial charge in [0, 0.05) is 6.07 Å². The summed E-state index contributed by atoms with van der Waals surface area (Å²) in [6.45, 7) is 4.58. The number of hydrogen-bond donors (Lipinski definition) is 1. The van der Waals surface area contributed by atoms with Gasteiger partial charge in [-0.15, -0.1) is 0 Å². The number of aromatic nitrogens is 1. The minimum absolute atomic E-state index is 0.291. The molecule has 0 aliphatic heterocycles. The van der Waals surface area contributed by atoms with E-state index < -0.39 is 39.9 Å². The third kappa shape index (κ3) is 4.89.